The Bertz CT molecular complexity index is 363. The molecular formula is C10H10ClNO2. The van der Waals surface area contributed by atoms with Crippen molar-refractivity contribution in [3.05, 3.63) is 41.4 Å². The molecule has 0 aliphatic rings. The van der Waals surface area contributed by atoms with Crippen LogP contribution in [0.2, 0.25) is 5.02 Å². The Kier molecular flexibility index (Phi) is 3.54. The first-order chi connectivity index (χ1) is 6.65. The second-order valence-electron chi connectivity index (χ2n) is 2.60. The van der Waals surface area contributed by atoms with Crippen molar-refractivity contribution in [3.8, 4) is 5.75 Å². The van der Waals surface area contributed by atoms with Gasteiger partial charge in [-0.2, -0.15) is 0 Å². The maximum Gasteiger partial charge on any atom is 0.252 e. The second-order valence-corrected chi connectivity index (χ2v) is 3.04. The van der Waals surface area contributed by atoms with Crippen LogP contribution in [0.1, 0.15) is 10.4 Å². The Balaban J connectivity index is 3.01. The number of hydrogen-bond acceptors (Lipinski definition) is 2. The molecule has 3 nitrogen and oxygen atoms in total. The lowest BCUT2D eigenvalue weighted by Gasteiger charge is -2.07. The number of rotatable bonds is 4. The molecule has 0 atom stereocenters. The number of hydrogen-bond donors (Lipinski definition) is 1. The van der Waals surface area contributed by atoms with Crippen LogP contribution in [0.4, 0.5) is 0 Å². The first-order valence-electron chi connectivity index (χ1n) is 3.98. The molecule has 1 amide bonds. The molecule has 4 heteroatoms. The highest BCUT2D eigenvalue weighted by Crippen LogP contribution is 2.22. The molecule has 0 saturated heterocycles. The monoisotopic (exact) mass is 211 g/mol. The molecule has 1 aromatic rings. The van der Waals surface area contributed by atoms with Gasteiger partial charge in [0, 0.05) is 5.02 Å². The van der Waals surface area contributed by atoms with E-state index in [0.717, 1.165) is 0 Å². The fourth-order valence-corrected chi connectivity index (χ4v) is 1.14. The van der Waals surface area contributed by atoms with Crippen LogP contribution in [0.3, 0.4) is 0 Å². The highest BCUT2D eigenvalue weighted by atomic mass is 35.5. The Morgan fingerprint density at radius 1 is 1.64 bits per heavy atom. The summed E-state index contributed by atoms with van der Waals surface area (Å²) in [6.45, 7) is 3.82. The van der Waals surface area contributed by atoms with Gasteiger partial charge in [0.05, 0.1) is 5.56 Å². The maximum atomic E-state index is 11.0. The van der Waals surface area contributed by atoms with Crippen LogP contribution < -0.4 is 10.5 Å². The van der Waals surface area contributed by atoms with E-state index in [2.05, 4.69) is 6.58 Å². The molecule has 0 spiro atoms. The molecule has 0 unspecified atom stereocenters. The number of carbonyl (C=O) groups is 1. The number of halogens is 1. The number of primary amides is 1. The Labute approximate surface area is 87.1 Å². The van der Waals surface area contributed by atoms with E-state index in [0.29, 0.717) is 17.4 Å². The number of benzene rings is 1. The molecular weight excluding hydrogens is 202 g/mol. The van der Waals surface area contributed by atoms with Crippen LogP contribution in [0.15, 0.2) is 30.9 Å². The molecule has 0 aromatic heterocycles. The van der Waals surface area contributed by atoms with E-state index in [1.165, 1.54) is 6.07 Å². The summed E-state index contributed by atoms with van der Waals surface area (Å²) in [5.41, 5.74) is 5.43. The predicted octanol–water partition coefficient (Wildman–Crippen LogP) is 2.00. The number of carbonyl (C=O) groups excluding carboxylic acids is 1. The first-order valence-corrected chi connectivity index (χ1v) is 4.36. The SMILES string of the molecule is C=CCOc1ccc(Cl)cc1C(N)=O. The normalized spacial score (nSPS) is 9.50. The quantitative estimate of drug-likeness (QED) is 0.775. The summed E-state index contributed by atoms with van der Waals surface area (Å²) in [6.07, 6.45) is 1.58. The van der Waals surface area contributed by atoms with Crippen molar-refractivity contribution in [3.63, 3.8) is 0 Å². The molecule has 1 rings (SSSR count). The third kappa shape index (κ3) is 2.50. The van der Waals surface area contributed by atoms with Crippen LogP contribution in [0.5, 0.6) is 5.75 Å². The van der Waals surface area contributed by atoms with E-state index in [1.54, 1.807) is 18.2 Å². The van der Waals surface area contributed by atoms with Crippen LogP contribution in [0, 0.1) is 0 Å². The van der Waals surface area contributed by atoms with Gasteiger partial charge in [-0.25, -0.2) is 0 Å². The summed E-state index contributed by atoms with van der Waals surface area (Å²) in [7, 11) is 0. The zero-order valence-electron chi connectivity index (χ0n) is 7.50. The van der Waals surface area contributed by atoms with E-state index >= 15 is 0 Å². The lowest BCUT2D eigenvalue weighted by Crippen LogP contribution is -2.13. The van der Waals surface area contributed by atoms with Crippen LogP contribution in [-0.4, -0.2) is 12.5 Å². The molecule has 0 fully saturated rings. The van der Waals surface area contributed by atoms with Gasteiger partial charge in [-0.05, 0) is 18.2 Å². The maximum absolute atomic E-state index is 11.0. The van der Waals surface area contributed by atoms with Gasteiger partial charge in [-0.15, -0.1) is 0 Å². The van der Waals surface area contributed by atoms with Gasteiger partial charge in [0.15, 0.2) is 0 Å². The van der Waals surface area contributed by atoms with Crippen molar-refractivity contribution in [2.75, 3.05) is 6.61 Å². The van der Waals surface area contributed by atoms with Gasteiger partial charge < -0.3 is 10.5 Å². The van der Waals surface area contributed by atoms with Crippen LogP contribution >= 0.6 is 11.6 Å². The predicted molar refractivity (Wildman–Crippen MR) is 55.7 cm³/mol. The van der Waals surface area contributed by atoms with Gasteiger partial charge >= 0.3 is 0 Å². The van der Waals surface area contributed by atoms with E-state index in [1.807, 2.05) is 0 Å². The number of amides is 1. The van der Waals surface area contributed by atoms with Crippen molar-refractivity contribution in [2.45, 2.75) is 0 Å². The number of nitrogens with two attached hydrogens (primary N) is 1. The molecule has 0 radical (unpaired) electrons. The summed E-state index contributed by atoms with van der Waals surface area (Å²) >= 11 is 5.71. The lowest BCUT2D eigenvalue weighted by molar-refractivity contribution is 0.0997. The van der Waals surface area contributed by atoms with Crippen LogP contribution in [-0.2, 0) is 0 Å². The molecule has 74 valence electrons. The van der Waals surface area contributed by atoms with Gasteiger partial charge in [-0.1, -0.05) is 24.3 Å². The summed E-state index contributed by atoms with van der Waals surface area (Å²) in [5, 5.41) is 0.449. The largest absolute Gasteiger partial charge is 0.489 e. The highest BCUT2D eigenvalue weighted by Gasteiger charge is 2.09. The highest BCUT2D eigenvalue weighted by molar-refractivity contribution is 6.31. The van der Waals surface area contributed by atoms with Crippen molar-refractivity contribution in [2.24, 2.45) is 5.73 Å². The topological polar surface area (TPSA) is 52.3 Å². The van der Waals surface area contributed by atoms with Crippen LogP contribution in [0.25, 0.3) is 0 Å². The van der Waals surface area contributed by atoms with E-state index < -0.39 is 5.91 Å². The van der Waals surface area contributed by atoms with Crippen molar-refractivity contribution >= 4 is 17.5 Å². The molecule has 2 N–H and O–H groups in total. The zero-order valence-corrected chi connectivity index (χ0v) is 8.25. The third-order valence-corrected chi connectivity index (χ3v) is 1.80. The zero-order chi connectivity index (χ0) is 10.6. The van der Waals surface area contributed by atoms with Crippen molar-refractivity contribution in [1.29, 1.82) is 0 Å². The van der Waals surface area contributed by atoms with Crippen molar-refractivity contribution < 1.29 is 9.53 Å². The lowest BCUT2D eigenvalue weighted by atomic mass is 10.2. The molecule has 0 aliphatic heterocycles. The third-order valence-electron chi connectivity index (χ3n) is 1.56. The van der Waals surface area contributed by atoms with E-state index in [4.69, 9.17) is 22.1 Å². The average Bonchev–Trinajstić information content (AvgIpc) is 2.15. The summed E-state index contributed by atoms with van der Waals surface area (Å²) in [5.74, 6) is -0.145. The Hall–Kier alpha value is -1.48. The minimum absolute atomic E-state index is 0.277. The Morgan fingerprint density at radius 3 is 2.93 bits per heavy atom. The molecule has 1 aromatic carbocycles. The van der Waals surface area contributed by atoms with Gasteiger partial charge in [0.1, 0.15) is 12.4 Å². The summed E-state index contributed by atoms with van der Waals surface area (Å²) in [4.78, 5) is 11.0. The smallest absolute Gasteiger partial charge is 0.252 e. The molecule has 0 bridgehead atoms. The average molecular weight is 212 g/mol. The second kappa shape index (κ2) is 4.67. The van der Waals surface area contributed by atoms with Gasteiger partial charge in [0.2, 0.25) is 0 Å². The standard InChI is InChI=1S/C10H10ClNO2/c1-2-5-14-9-4-3-7(11)6-8(9)10(12)13/h2-4,6H,1,5H2,(H2,12,13). The molecule has 0 saturated carbocycles. The fraction of sp³-hybridized carbons (Fsp3) is 0.100. The molecule has 0 heterocycles. The summed E-state index contributed by atoms with van der Waals surface area (Å²) in [6, 6.07) is 4.71. The molecule has 0 aliphatic carbocycles. The Morgan fingerprint density at radius 2 is 2.36 bits per heavy atom. The van der Waals surface area contributed by atoms with E-state index in [-0.39, 0.29) is 5.56 Å². The minimum atomic E-state index is -0.563. The number of ether oxygens (including phenoxy) is 1. The fourth-order valence-electron chi connectivity index (χ4n) is 0.969. The van der Waals surface area contributed by atoms with Gasteiger partial charge in [-0.3, -0.25) is 4.79 Å². The van der Waals surface area contributed by atoms with Crippen molar-refractivity contribution in [1.82, 2.24) is 0 Å². The van der Waals surface area contributed by atoms with Gasteiger partial charge in [0.25, 0.3) is 5.91 Å². The van der Waals surface area contributed by atoms with E-state index in [9.17, 15) is 4.79 Å². The first kappa shape index (κ1) is 10.6. The minimum Gasteiger partial charge on any atom is -0.489 e. The summed E-state index contributed by atoms with van der Waals surface area (Å²) < 4.78 is 5.23. The molecule has 14 heavy (non-hydrogen) atoms.